The minimum atomic E-state index is -1.93. The molecule has 216 valence electrons. The lowest BCUT2D eigenvalue weighted by molar-refractivity contribution is -0.372. The van der Waals surface area contributed by atoms with Crippen molar-refractivity contribution in [1.82, 2.24) is 5.32 Å². The summed E-state index contributed by atoms with van der Waals surface area (Å²) in [6.45, 7) is -1.21. The van der Waals surface area contributed by atoms with E-state index in [1.54, 1.807) is 0 Å². The molecule has 37 heavy (non-hydrogen) atoms. The van der Waals surface area contributed by atoms with Crippen molar-refractivity contribution in [2.45, 2.75) is 99.0 Å². The number of rotatable bonds is 8. The van der Waals surface area contributed by atoms with E-state index in [2.05, 4.69) is 5.32 Å². The first-order chi connectivity index (χ1) is 17.4. The molecule has 0 radical (unpaired) electrons. The van der Waals surface area contributed by atoms with Crippen molar-refractivity contribution in [1.29, 1.82) is 0 Å². The number of aliphatic hydroxyl groups excluding tert-OH is 10. The lowest BCUT2D eigenvalue weighted by Crippen LogP contribution is -2.68. The van der Waals surface area contributed by atoms with Crippen LogP contribution in [0.3, 0.4) is 0 Å². The van der Waals surface area contributed by atoms with Gasteiger partial charge in [0, 0.05) is 6.92 Å². The number of nitrogens with one attached hydrogen (secondary N) is 1. The molecule has 0 aromatic heterocycles. The number of aliphatic hydroxyl groups is 10. The molecule has 11 N–H and O–H groups in total. The van der Waals surface area contributed by atoms with Crippen LogP contribution in [-0.2, 0) is 28.5 Å². The third kappa shape index (κ3) is 6.38. The maximum absolute atomic E-state index is 11.6. The quantitative estimate of drug-likeness (QED) is 0.135. The molecular weight excluding hydrogens is 510 g/mol. The molecule has 17 nitrogen and oxygen atoms in total. The molecule has 0 aromatic rings. The zero-order chi connectivity index (χ0) is 27.6. The van der Waals surface area contributed by atoms with Gasteiger partial charge in [0.05, 0.1) is 19.8 Å². The highest BCUT2D eigenvalue weighted by Gasteiger charge is 2.53. The van der Waals surface area contributed by atoms with Crippen LogP contribution in [0.2, 0.25) is 0 Å². The molecule has 3 saturated heterocycles. The van der Waals surface area contributed by atoms with Crippen molar-refractivity contribution in [3.8, 4) is 0 Å². The van der Waals surface area contributed by atoms with E-state index in [-0.39, 0.29) is 0 Å². The van der Waals surface area contributed by atoms with Gasteiger partial charge in [-0.3, -0.25) is 4.79 Å². The maximum atomic E-state index is 11.6. The van der Waals surface area contributed by atoms with Crippen molar-refractivity contribution in [2.24, 2.45) is 0 Å². The summed E-state index contributed by atoms with van der Waals surface area (Å²) < 4.78 is 26.9. The maximum Gasteiger partial charge on any atom is 0.217 e. The topological polar surface area (TPSA) is 278 Å². The van der Waals surface area contributed by atoms with Gasteiger partial charge in [-0.25, -0.2) is 0 Å². The Hall–Kier alpha value is -1.13. The number of carbonyl (C=O) groups is 1. The van der Waals surface area contributed by atoms with Crippen LogP contribution in [0, 0.1) is 0 Å². The van der Waals surface area contributed by atoms with Crippen LogP contribution in [0.5, 0.6) is 0 Å². The molecule has 3 aliphatic rings. The summed E-state index contributed by atoms with van der Waals surface area (Å²) in [7, 11) is 0. The number of carbonyl (C=O) groups excluding carboxylic acids is 1. The summed E-state index contributed by atoms with van der Waals surface area (Å²) in [6, 6.07) is -1.39. The predicted octanol–water partition coefficient (Wildman–Crippen LogP) is -7.43. The predicted molar refractivity (Wildman–Crippen MR) is 113 cm³/mol. The van der Waals surface area contributed by atoms with Gasteiger partial charge >= 0.3 is 0 Å². The van der Waals surface area contributed by atoms with Gasteiger partial charge < -0.3 is 80.1 Å². The van der Waals surface area contributed by atoms with E-state index in [0.717, 1.165) is 6.92 Å². The fraction of sp³-hybridized carbons (Fsp3) is 0.950. The minimum Gasteiger partial charge on any atom is -0.394 e. The van der Waals surface area contributed by atoms with E-state index in [9.17, 15) is 55.9 Å². The van der Waals surface area contributed by atoms with Crippen LogP contribution < -0.4 is 5.32 Å². The molecule has 0 unspecified atom stereocenters. The Morgan fingerprint density at radius 3 is 1.68 bits per heavy atom. The van der Waals surface area contributed by atoms with Crippen molar-refractivity contribution in [3.63, 3.8) is 0 Å². The summed E-state index contributed by atoms with van der Waals surface area (Å²) in [5.74, 6) is -0.637. The number of ether oxygens (including phenoxy) is 5. The molecule has 3 rings (SSSR count). The van der Waals surface area contributed by atoms with Crippen LogP contribution >= 0.6 is 0 Å². The lowest BCUT2D eigenvalue weighted by atomic mass is 9.95. The Morgan fingerprint density at radius 2 is 1.14 bits per heavy atom. The Morgan fingerprint density at radius 1 is 0.649 bits per heavy atom. The molecule has 1 amide bonds. The van der Waals surface area contributed by atoms with Gasteiger partial charge in [-0.1, -0.05) is 0 Å². The monoisotopic (exact) mass is 545 g/mol. The molecule has 15 atom stereocenters. The summed E-state index contributed by atoms with van der Waals surface area (Å²) in [5, 5.41) is 103. The first kappa shape index (κ1) is 30.4. The largest absolute Gasteiger partial charge is 0.394 e. The van der Waals surface area contributed by atoms with E-state index in [0.29, 0.717) is 0 Å². The fourth-order valence-corrected chi connectivity index (χ4v) is 4.46. The van der Waals surface area contributed by atoms with Crippen LogP contribution in [0.15, 0.2) is 0 Å². The Kier molecular flexibility index (Phi) is 10.5. The summed E-state index contributed by atoms with van der Waals surface area (Å²) >= 11 is 0. The lowest BCUT2D eigenvalue weighted by Gasteiger charge is -2.48. The fourth-order valence-electron chi connectivity index (χ4n) is 4.46. The third-order valence-corrected chi connectivity index (χ3v) is 6.49. The van der Waals surface area contributed by atoms with Crippen molar-refractivity contribution in [2.75, 3.05) is 19.8 Å². The van der Waals surface area contributed by atoms with Gasteiger partial charge in [-0.05, 0) is 0 Å². The number of amides is 1. The van der Waals surface area contributed by atoms with Crippen molar-refractivity contribution in [3.05, 3.63) is 0 Å². The van der Waals surface area contributed by atoms with Gasteiger partial charge in [-0.2, -0.15) is 0 Å². The zero-order valence-electron chi connectivity index (χ0n) is 19.7. The Balaban J connectivity index is 1.76. The SMILES string of the molecule is CC(=O)N[C@@H]1[C@@H](O[C@@H]2O[C@H](CO)[C@H](O[C@H]3O[C@H](CO)[C@H](O)[C@H](O)[C@H]3O)[C@H](O)[C@H]2O)[C@@H](O)[C@@H](CO)O[C@@H]1O. The van der Waals surface area contributed by atoms with Crippen molar-refractivity contribution >= 4 is 5.91 Å². The zero-order valence-corrected chi connectivity index (χ0v) is 19.7. The van der Waals surface area contributed by atoms with E-state index >= 15 is 0 Å². The normalized spacial score (nSPS) is 49.0. The number of hydrogen-bond acceptors (Lipinski definition) is 16. The first-order valence-electron chi connectivity index (χ1n) is 11.6. The van der Waals surface area contributed by atoms with Crippen LogP contribution in [0.1, 0.15) is 6.92 Å². The van der Waals surface area contributed by atoms with E-state index in [4.69, 9.17) is 23.7 Å². The second kappa shape index (κ2) is 12.8. The summed E-state index contributed by atoms with van der Waals surface area (Å²) in [5.41, 5.74) is 0. The molecule has 17 heteroatoms. The molecule has 3 heterocycles. The molecule has 0 saturated carbocycles. The Labute approximate surface area is 210 Å². The van der Waals surface area contributed by atoms with Gasteiger partial charge in [-0.15, -0.1) is 0 Å². The minimum absolute atomic E-state index is 0.637. The highest BCUT2D eigenvalue weighted by molar-refractivity contribution is 5.73. The van der Waals surface area contributed by atoms with Crippen molar-refractivity contribution < 1.29 is 79.5 Å². The van der Waals surface area contributed by atoms with E-state index in [1.165, 1.54) is 0 Å². The van der Waals surface area contributed by atoms with E-state index in [1.807, 2.05) is 0 Å². The average molecular weight is 545 g/mol. The second-order valence-electron chi connectivity index (χ2n) is 9.07. The van der Waals surface area contributed by atoms with E-state index < -0.39 is 118 Å². The number of hydrogen-bond donors (Lipinski definition) is 11. The van der Waals surface area contributed by atoms with Crippen LogP contribution in [-0.4, -0.2) is 169 Å². The van der Waals surface area contributed by atoms with Gasteiger partial charge in [0.15, 0.2) is 18.9 Å². The first-order valence-corrected chi connectivity index (χ1v) is 11.6. The molecular formula is C20H35NO16. The molecule has 3 fully saturated rings. The molecule has 3 aliphatic heterocycles. The van der Waals surface area contributed by atoms with Gasteiger partial charge in [0.1, 0.15) is 73.2 Å². The smallest absolute Gasteiger partial charge is 0.217 e. The summed E-state index contributed by atoms with van der Waals surface area (Å²) in [6.07, 6.45) is -23.3. The standard InChI is InChI=1S/C20H35NO16/c1-5(25)21-9-17(11(27)7(3-23)33-18(9)32)37-20-15(31)13(29)16(8(4-24)35-20)36-19-14(30)12(28)10(26)6(2-22)34-19/h6-20,22-24,26-32H,2-4H2,1H3,(H,21,25)/t6-,7-,8-,9-,10+,11+,12+,13-,14-,15-,16+,17-,18+,19-,20+/m1/s1. The second-order valence-corrected chi connectivity index (χ2v) is 9.07. The third-order valence-electron chi connectivity index (χ3n) is 6.49. The molecule has 0 aromatic carbocycles. The van der Waals surface area contributed by atoms with Crippen LogP contribution in [0.25, 0.3) is 0 Å². The Bertz CT molecular complexity index is 743. The molecule has 0 spiro atoms. The van der Waals surface area contributed by atoms with Crippen LogP contribution in [0.4, 0.5) is 0 Å². The summed E-state index contributed by atoms with van der Waals surface area (Å²) in [4.78, 5) is 11.6. The highest BCUT2D eigenvalue weighted by atomic mass is 16.7. The average Bonchev–Trinajstić information content (AvgIpc) is 2.87. The highest BCUT2D eigenvalue weighted by Crippen LogP contribution is 2.32. The molecule has 0 aliphatic carbocycles. The van der Waals surface area contributed by atoms with Gasteiger partial charge in [0.25, 0.3) is 0 Å². The molecule has 0 bridgehead atoms. The van der Waals surface area contributed by atoms with Gasteiger partial charge in [0.2, 0.25) is 5.91 Å².